The zero-order chi connectivity index (χ0) is 12.6. The van der Waals surface area contributed by atoms with Gasteiger partial charge in [-0.1, -0.05) is 0 Å². The van der Waals surface area contributed by atoms with Gasteiger partial charge in [-0.15, -0.1) is 0 Å². The van der Waals surface area contributed by atoms with Crippen molar-refractivity contribution in [3.63, 3.8) is 0 Å². The Morgan fingerprint density at radius 1 is 1.06 bits per heavy atom. The molecule has 0 aliphatic carbocycles. The molecular formula is C13H22N4. The van der Waals surface area contributed by atoms with Crippen LogP contribution in [-0.2, 0) is 0 Å². The quantitative estimate of drug-likeness (QED) is 0.739. The van der Waals surface area contributed by atoms with E-state index in [2.05, 4.69) is 40.7 Å². The molecule has 0 saturated carbocycles. The van der Waals surface area contributed by atoms with Crippen molar-refractivity contribution in [1.82, 2.24) is 14.9 Å². The zero-order valence-corrected chi connectivity index (χ0v) is 11.4. The lowest BCUT2D eigenvalue weighted by molar-refractivity contribution is 0.204. The van der Waals surface area contributed by atoms with Gasteiger partial charge < -0.3 is 4.90 Å². The largest absolute Gasteiger partial charge is 0.335 e. The summed E-state index contributed by atoms with van der Waals surface area (Å²) in [5.74, 6) is 0.884. The van der Waals surface area contributed by atoms with Gasteiger partial charge in [0, 0.05) is 36.6 Å². The lowest BCUT2D eigenvalue weighted by atomic mass is 10.1. The average Bonchev–Trinajstić information content (AvgIpc) is 2.22. The molecular weight excluding hydrogens is 212 g/mol. The van der Waals surface area contributed by atoms with Crippen LogP contribution in [0.2, 0.25) is 0 Å². The van der Waals surface area contributed by atoms with E-state index in [0.29, 0.717) is 12.1 Å². The maximum atomic E-state index is 4.56. The molecule has 94 valence electrons. The smallest absolute Gasteiger partial charge is 0.226 e. The minimum atomic E-state index is 0.470. The summed E-state index contributed by atoms with van der Waals surface area (Å²) >= 11 is 0. The summed E-state index contributed by atoms with van der Waals surface area (Å²) in [5, 5.41) is 0. The fourth-order valence-corrected chi connectivity index (χ4v) is 2.41. The SMILES string of the molecule is Cc1cc(C)nc(N2CC(C)N(C)CC2C)n1. The standard InChI is InChI=1S/C13H22N4/c1-9-6-10(2)15-13(14-9)17-8-11(3)16(5)7-12(17)4/h6,11-12H,7-8H2,1-5H3. The predicted molar refractivity (Wildman–Crippen MR) is 70.4 cm³/mol. The number of hydrogen-bond acceptors (Lipinski definition) is 4. The predicted octanol–water partition coefficient (Wildman–Crippen LogP) is 1.62. The van der Waals surface area contributed by atoms with Gasteiger partial charge >= 0.3 is 0 Å². The fourth-order valence-electron chi connectivity index (χ4n) is 2.41. The molecule has 1 fully saturated rings. The number of hydrogen-bond donors (Lipinski definition) is 0. The van der Waals surface area contributed by atoms with Crippen molar-refractivity contribution in [2.75, 3.05) is 25.0 Å². The Morgan fingerprint density at radius 3 is 2.24 bits per heavy atom. The molecule has 1 aromatic heterocycles. The van der Waals surface area contributed by atoms with E-state index in [1.807, 2.05) is 19.9 Å². The van der Waals surface area contributed by atoms with E-state index in [9.17, 15) is 0 Å². The first-order chi connectivity index (χ1) is 7.97. The highest BCUT2D eigenvalue weighted by Crippen LogP contribution is 2.19. The van der Waals surface area contributed by atoms with Gasteiger partial charge in [-0.2, -0.15) is 0 Å². The highest BCUT2D eigenvalue weighted by molar-refractivity contribution is 5.35. The van der Waals surface area contributed by atoms with E-state index in [1.165, 1.54) is 0 Å². The highest BCUT2D eigenvalue weighted by atomic mass is 15.3. The van der Waals surface area contributed by atoms with Gasteiger partial charge in [-0.25, -0.2) is 9.97 Å². The molecule has 0 bridgehead atoms. The lowest BCUT2D eigenvalue weighted by Crippen LogP contribution is -2.55. The van der Waals surface area contributed by atoms with Crippen LogP contribution >= 0.6 is 0 Å². The summed E-state index contributed by atoms with van der Waals surface area (Å²) in [6.07, 6.45) is 0. The number of piperazine rings is 1. The van der Waals surface area contributed by atoms with E-state index in [0.717, 1.165) is 30.4 Å². The van der Waals surface area contributed by atoms with E-state index in [1.54, 1.807) is 0 Å². The number of anilines is 1. The summed E-state index contributed by atoms with van der Waals surface area (Å²) in [5.41, 5.74) is 2.09. The molecule has 0 spiro atoms. The third-order valence-electron chi connectivity index (χ3n) is 3.53. The molecule has 0 radical (unpaired) electrons. The molecule has 1 aromatic rings. The van der Waals surface area contributed by atoms with Gasteiger partial charge in [0.2, 0.25) is 5.95 Å². The minimum Gasteiger partial charge on any atom is -0.335 e. The van der Waals surface area contributed by atoms with Crippen LogP contribution in [0.1, 0.15) is 25.2 Å². The lowest BCUT2D eigenvalue weighted by Gasteiger charge is -2.42. The fraction of sp³-hybridized carbons (Fsp3) is 0.692. The van der Waals surface area contributed by atoms with Crippen molar-refractivity contribution in [2.45, 2.75) is 39.8 Å². The van der Waals surface area contributed by atoms with Gasteiger partial charge in [0.1, 0.15) is 0 Å². The van der Waals surface area contributed by atoms with Crippen LogP contribution in [0.3, 0.4) is 0 Å². The van der Waals surface area contributed by atoms with Crippen LogP contribution in [0, 0.1) is 13.8 Å². The maximum Gasteiger partial charge on any atom is 0.226 e. The number of rotatable bonds is 1. The number of nitrogens with zero attached hydrogens (tertiary/aromatic N) is 4. The molecule has 0 amide bonds. The maximum absolute atomic E-state index is 4.56. The number of aryl methyl sites for hydroxylation is 2. The molecule has 0 N–H and O–H groups in total. The number of aromatic nitrogens is 2. The first kappa shape index (κ1) is 12.3. The van der Waals surface area contributed by atoms with Crippen LogP contribution in [0.4, 0.5) is 5.95 Å². The van der Waals surface area contributed by atoms with Gasteiger partial charge in [0.25, 0.3) is 0 Å². The Morgan fingerprint density at radius 2 is 1.65 bits per heavy atom. The zero-order valence-electron chi connectivity index (χ0n) is 11.4. The Bertz CT molecular complexity index is 384. The van der Waals surface area contributed by atoms with Gasteiger partial charge in [-0.3, -0.25) is 4.90 Å². The van der Waals surface area contributed by atoms with Crippen LogP contribution in [-0.4, -0.2) is 47.1 Å². The monoisotopic (exact) mass is 234 g/mol. The second kappa shape index (κ2) is 4.61. The summed E-state index contributed by atoms with van der Waals surface area (Å²) < 4.78 is 0. The van der Waals surface area contributed by atoms with Crippen molar-refractivity contribution >= 4 is 5.95 Å². The van der Waals surface area contributed by atoms with Gasteiger partial charge in [0.15, 0.2) is 0 Å². The van der Waals surface area contributed by atoms with E-state index >= 15 is 0 Å². The molecule has 1 aliphatic rings. The summed E-state index contributed by atoms with van der Waals surface area (Å²) in [7, 11) is 2.18. The van der Waals surface area contributed by atoms with Gasteiger partial charge in [0.05, 0.1) is 0 Å². The molecule has 2 atom stereocenters. The second-order valence-corrected chi connectivity index (χ2v) is 5.24. The Hall–Kier alpha value is -1.16. The van der Waals surface area contributed by atoms with E-state index < -0.39 is 0 Å². The minimum absolute atomic E-state index is 0.470. The Labute approximate surface area is 104 Å². The molecule has 0 aromatic carbocycles. The molecule has 2 unspecified atom stereocenters. The topological polar surface area (TPSA) is 32.3 Å². The van der Waals surface area contributed by atoms with Crippen molar-refractivity contribution in [3.8, 4) is 0 Å². The molecule has 4 nitrogen and oxygen atoms in total. The Balaban J connectivity index is 2.26. The molecule has 4 heteroatoms. The van der Waals surface area contributed by atoms with Crippen LogP contribution < -0.4 is 4.90 Å². The van der Waals surface area contributed by atoms with Crippen LogP contribution in [0.15, 0.2) is 6.07 Å². The summed E-state index contributed by atoms with van der Waals surface area (Å²) in [4.78, 5) is 13.8. The highest BCUT2D eigenvalue weighted by Gasteiger charge is 2.28. The van der Waals surface area contributed by atoms with Gasteiger partial charge in [-0.05, 0) is 40.8 Å². The first-order valence-corrected chi connectivity index (χ1v) is 6.26. The first-order valence-electron chi connectivity index (χ1n) is 6.26. The van der Waals surface area contributed by atoms with Crippen molar-refractivity contribution in [2.24, 2.45) is 0 Å². The second-order valence-electron chi connectivity index (χ2n) is 5.24. The van der Waals surface area contributed by atoms with E-state index in [4.69, 9.17) is 0 Å². The van der Waals surface area contributed by atoms with Crippen molar-refractivity contribution in [1.29, 1.82) is 0 Å². The number of likely N-dealkylation sites (N-methyl/N-ethyl adjacent to an activating group) is 1. The molecule has 2 heterocycles. The van der Waals surface area contributed by atoms with Crippen LogP contribution in [0.5, 0.6) is 0 Å². The third-order valence-corrected chi connectivity index (χ3v) is 3.53. The Kier molecular flexibility index (Phi) is 3.33. The van der Waals surface area contributed by atoms with Crippen molar-refractivity contribution in [3.05, 3.63) is 17.5 Å². The molecule has 2 rings (SSSR count). The summed E-state index contributed by atoms with van der Waals surface area (Å²) in [6, 6.07) is 3.04. The normalized spacial score (nSPS) is 26.3. The third kappa shape index (κ3) is 2.57. The molecule has 1 aliphatic heterocycles. The van der Waals surface area contributed by atoms with Crippen molar-refractivity contribution < 1.29 is 0 Å². The molecule has 17 heavy (non-hydrogen) atoms. The van der Waals surface area contributed by atoms with E-state index in [-0.39, 0.29) is 0 Å². The van der Waals surface area contributed by atoms with Crippen LogP contribution in [0.25, 0.3) is 0 Å². The summed E-state index contributed by atoms with van der Waals surface area (Å²) in [6.45, 7) is 10.6. The average molecular weight is 234 g/mol. The molecule has 1 saturated heterocycles.